The second kappa shape index (κ2) is 10.7. The summed E-state index contributed by atoms with van der Waals surface area (Å²) in [5, 5.41) is 22.7. The minimum atomic E-state index is -4.74. The molecule has 4 aromatic rings. The molecule has 0 aliphatic rings. The molecule has 3 heterocycles. The Hall–Kier alpha value is -4.17. The third-order valence-electron chi connectivity index (χ3n) is 6.38. The van der Waals surface area contributed by atoms with Crippen molar-refractivity contribution in [2.45, 2.75) is 39.9 Å². The number of carbonyl (C=O) groups excluding carboxylic acids is 1. The maximum Gasteiger partial charge on any atom is 0.434 e. The fourth-order valence-electron chi connectivity index (χ4n) is 4.39. The van der Waals surface area contributed by atoms with E-state index in [0.717, 1.165) is 29.9 Å². The van der Waals surface area contributed by atoms with Crippen LogP contribution < -0.4 is 10.7 Å². The molecule has 9 nitrogen and oxygen atoms in total. The fraction of sp³-hybridized carbons (Fsp3) is 0.296. The van der Waals surface area contributed by atoms with Gasteiger partial charge in [0.2, 0.25) is 11.3 Å². The van der Waals surface area contributed by atoms with Gasteiger partial charge in [-0.05, 0) is 23.6 Å². The molecule has 1 amide bonds. The number of nitrogens with zero attached hydrogens (tertiary/aromatic N) is 3. The molecule has 3 aromatic heterocycles. The number of carbonyl (C=O) groups is 2. The van der Waals surface area contributed by atoms with Gasteiger partial charge in [-0.25, -0.2) is 19.2 Å². The summed E-state index contributed by atoms with van der Waals surface area (Å²) in [4.78, 5) is 44.5. The maximum atomic E-state index is 15.9. The zero-order chi connectivity index (χ0) is 30.4. The lowest BCUT2D eigenvalue weighted by atomic mass is 9.86. The number of hydrogen-bond donors (Lipinski definition) is 3. The molecule has 3 N–H and O–H groups in total. The molecule has 216 valence electrons. The predicted octanol–water partition coefficient (Wildman–Crippen LogP) is 5.58. The number of aliphatic hydroxyl groups is 1. The number of rotatable bonds is 6. The van der Waals surface area contributed by atoms with E-state index >= 15 is 4.39 Å². The van der Waals surface area contributed by atoms with Gasteiger partial charge in [-0.1, -0.05) is 20.8 Å². The molecule has 0 saturated carbocycles. The molecule has 0 unspecified atom stereocenters. The van der Waals surface area contributed by atoms with Crippen molar-refractivity contribution >= 4 is 39.9 Å². The molecule has 41 heavy (non-hydrogen) atoms. The van der Waals surface area contributed by atoms with E-state index in [1.165, 1.54) is 17.6 Å². The largest absolute Gasteiger partial charge is 0.477 e. The lowest BCUT2D eigenvalue weighted by molar-refractivity contribution is -0.140. The number of alkyl halides is 3. The first-order valence-corrected chi connectivity index (χ1v) is 12.9. The molecular formula is C27H24F4N4O5S. The third kappa shape index (κ3) is 5.84. The number of aromatic carboxylic acids is 1. The Morgan fingerprint density at radius 3 is 2.34 bits per heavy atom. The van der Waals surface area contributed by atoms with Crippen molar-refractivity contribution in [3.05, 3.63) is 63.3 Å². The van der Waals surface area contributed by atoms with E-state index in [9.17, 15) is 37.8 Å². The topological polar surface area (TPSA) is 134 Å². The van der Waals surface area contributed by atoms with Crippen molar-refractivity contribution in [1.82, 2.24) is 14.5 Å². The number of hydrogen-bond acceptors (Lipinski definition) is 7. The summed E-state index contributed by atoms with van der Waals surface area (Å²) in [7, 11) is 0. The molecule has 0 spiro atoms. The number of nitrogens with one attached hydrogen (secondary N) is 1. The number of amides is 1. The van der Waals surface area contributed by atoms with Crippen LogP contribution in [0.2, 0.25) is 0 Å². The molecule has 0 aliphatic heterocycles. The van der Waals surface area contributed by atoms with E-state index in [1.54, 1.807) is 20.8 Å². The number of benzene rings is 1. The highest BCUT2D eigenvalue weighted by molar-refractivity contribution is 7.13. The summed E-state index contributed by atoms with van der Waals surface area (Å²) in [6.07, 6.45) is -2.57. The molecule has 0 fully saturated rings. The summed E-state index contributed by atoms with van der Waals surface area (Å²) in [5.74, 6) is -2.98. The van der Waals surface area contributed by atoms with Crippen molar-refractivity contribution in [2.24, 2.45) is 5.41 Å². The van der Waals surface area contributed by atoms with Crippen LogP contribution in [-0.2, 0) is 11.0 Å². The quantitative estimate of drug-likeness (QED) is 0.249. The Morgan fingerprint density at radius 1 is 1.12 bits per heavy atom. The summed E-state index contributed by atoms with van der Waals surface area (Å²) in [6.45, 7) is 6.09. The Balaban J connectivity index is 2.06. The molecule has 0 saturated heterocycles. The van der Waals surface area contributed by atoms with Gasteiger partial charge in [-0.2, -0.15) is 13.2 Å². The number of pyridine rings is 2. The molecule has 0 aliphatic carbocycles. The molecule has 0 radical (unpaired) electrons. The van der Waals surface area contributed by atoms with Crippen molar-refractivity contribution < 1.29 is 37.4 Å². The summed E-state index contributed by atoms with van der Waals surface area (Å²) < 4.78 is 57.1. The van der Waals surface area contributed by atoms with E-state index in [2.05, 4.69) is 15.3 Å². The first-order chi connectivity index (χ1) is 19.0. The Morgan fingerprint density at radius 2 is 1.80 bits per heavy atom. The summed E-state index contributed by atoms with van der Waals surface area (Å²) in [6, 6.07) is 2.58. The number of aromatic nitrogens is 3. The average molecular weight is 593 g/mol. The van der Waals surface area contributed by atoms with Crippen LogP contribution in [-0.4, -0.2) is 43.2 Å². The Bertz CT molecular complexity index is 1740. The second-order valence-electron chi connectivity index (χ2n) is 10.3. The molecule has 0 bridgehead atoms. The number of anilines is 1. The zero-order valence-corrected chi connectivity index (χ0v) is 22.9. The van der Waals surface area contributed by atoms with Crippen LogP contribution in [0.5, 0.6) is 0 Å². The number of fused-ring (bicyclic) bond motifs is 1. The van der Waals surface area contributed by atoms with Crippen molar-refractivity contribution in [3.8, 4) is 21.7 Å². The SMILES string of the molecule is CC(=O)Nc1cc(-c2nc(C(F)(F)F)cs2)c(-c2cc3c(=O)c(C(=O)O)cn([C@H](CO)C(C)(C)C)c3cc2F)cn1. The van der Waals surface area contributed by atoms with Gasteiger partial charge >= 0.3 is 12.1 Å². The highest BCUT2D eigenvalue weighted by Crippen LogP contribution is 2.40. The highest BCUT2D eigenvalue weighted by Gasteiger charge is 2.34. The third-order valence-corrected chi connectivity index (χ3v) is 7.26. The van der Waals surface area contributed by atoms with Gasteiger partial charge in [0.1, 0.15) is 22.2 Å². The minimum Gasteiger partial charge on any atom is -0.477 e. The standard InChI is InChI=1S/C27H24F4N4O5S/c1-12(37)33-22-6-14(24-34-20(11-41-24)27(29,30)31)16(8-32-22)13-5-15-19(7-18(13)28)35(21(10-36)26(2,3)4)9-17(23(15)38)25(39)40/h5-9,11,21,36H,10H2,1-4H3,(H,39,40)(H,32,33,37)/t21-/m1/s1. The van der Waals surface area contributed by atoms with Gasteiger partial charge in [-0.15, -0.1) is 11.3 Å². The number of halogens is 4. The summed E-state index contributed by atoms with van der Waals surface area (Å²) in [5.41, 5.74) is -3.68. The maximum absolute atomic E-state index is 15.9. The van der Waals surface area contributed by atoms with Crippen molar-refractivity contribution in [3.63, 3.8) is 0 Å². The summed E-state index contributed by atoms with van der Waals surface area (Å²) >= 11 is 0.632. The van der Waals surface area contributed by atoms with Crippen molar-refractivity contribution in [1.29, 1.82) is 0 Å². The number of thiazole rings is 1. The van der Waals surface area contributed by atoms with Crippen LogP contribution in [0.1, 0.15) is 49.8 Å². The van der Waals surface area contributed by atoms with Gasteiger partial charge in [0.05, 0.1) is 18.2 Å². The normalized spacial score (nSPS) is 12.9. The number of carboxylic acids is 1. The monoisotopic (exact) mass is 592 g/mol. The lowest BCUT2D eigenvalue weighted by Gasteiger charge is -2.33. The van der Waals surface area contributed by atoms with Gasteiger partial charge in [0.25, 0.3) is 0 Å². The van der Waals surface area contributed by atoms with E-state index in [0.29, 0.717) is 11.3 Å². The van der Waals surface area contributed by atoms with Crippen LogP contribution in [0.3, 0.4) is 0 Å². The van der Waals surface area contributed by atoms with E-state index < -0.39 is 58.6 Å². The van der Waals surface area contributed by atoms with Crippen LogP contribution in [0.25, 0.3) is 32.6 Å². The first kappa shape index (κ1) is 29.8. The average Bonchev–Trinajstić information content (AvgIpc) is 3.35. The van der Waals surface area contributed by atoms with Crippen LogP contribution in [0.15, 0.2) is 40.8 Å². The van der Waals surface area contributed by atoms with Gasteiger partial charge in [0, 0.05) is 46.8 Å². The second-order valence-corrected chi connectivity index (χ2v) is 11.2. The van der Waals surface area contributed by atoms with Gasteiger partial charge in [0.15, 0.2) is 5.69 Å². The van der Waals surface area contributed by atoms with Gasteiger partial charge < -0.3 is 20.1 Å². The molecule has 14 heteroatoms. The first-order valence-electron chi connectivity index (χ1n) is 12.1. The number of aliphatic hydroxyl groups excluding tert-OH is 1. The Kier molecular flexibility index (Phi) is 7.76. The lowest BCUT2D eigenvalue weighted by Crippen LogP contribution is -2.30. The van der Waals surface area contributed by atoms with E-state index in [4.69, 9.17) is 0 Å². The van der Waals surface area contributed by atoms with Gasteiger partial charge in [-0.3, -0.25) is 9.59 Å². The highest BCUT2D eigenvalue weighted by atomic mass is 32.1. The van der Waals surface area contributed by atoms with E-state index in [-0.39, 0.29) is 38.4 Å². The van der Waals surface area contributed by atoms with Crippen LogP contribution in [0, 0.1) is 11.2 Å². The smallest absolute Gasteiger partial charge is 0.434 e. The van der Waals surface area contributed by atoms with Crippen LogP contribution >= 0.6 is 11.3 Å². The zero-order valence-electron chi connectivity index (χ0n) is 22.1. The van der Waals surface area contributed by atoms with E-state index in [1.807, 2.05) is 0 Å². The van der Waals surface area contributed by atoms with Crippen LogP contribution in [0.4, 0.5) is 23.4 Å². The number of carboxylic acid groups (broad SMARTS) is 1. The molecular weight excluding hydrogens is 568 g/mol. The Labute approximate surface area is 234 Å². The predicted molar refractivity (Wildman–Crippen MR) is 144 cm³/mol. The molecule has 1 atom stereocenters. The van der Waals surface area contributed by atoms with Crippen molar-refractivity contribution in [2.75, 3.05) is 11.9 Å². The minimum absolute atomic E-state index is 0.00760. The fourth-order valence-corrected chi connectivity index (χ4v) is 5.25. The molecule has 1 aromatic carbocycles. The molecule has 4 rings (SSSR count).